The summed E-state index contributed by atoms with van der Waals surface area (Å²) < 4.78 is 2.93. The highest BCUT2D eigenvalue weighted by Crippen LogP contribution is 2.45. The highest BCUT2D eigenvalue weighted by atomic mass is 32.2. The Balaban J connectivity index is 1.81. The fourth-order valence-corrected chi connectivity index (χ4v) is 4.46. The van der Waals surface area contributed by atoms with E-state index in [-0.39, 0.29) is 0 Å². The molecule has 0 bridgehead atoms. The number of rotatable bonds is 4. The smallest absolute Gasteiger partial charge is 0.0948 e. The van der Waals surface area contributed by atoms with Crippen molar-refractivity contribution in [2.75, 3.05) is 19.3 Å². The minimum Gasteiger partial charge on any atom is -0.333 e. The lowest BCUT2D eigenvalue weighted by Crippen LogP contribution is -2.42. The third-order valence-electron chi connectivity index (χ3n) is 5.19. The third-order valence-corrected chi connectivity index (χ3v) is 6.60. The van der Waals surface area contributed by atoms with Gasteiger partial charge in [0.2, 0.25) is 0 Å². The molecule has 1 aromatic heterocycles. The Bertz CT molecular complexity index is 425. The molecule has 1 saturated carbocycles. The van der Waals surface area contributed by atoms with Gasteiger partial charge in [-0.2, -0.15) is 11.8 Å². The second-order valence-corrected chi connectivity index (χ2v) is 7.73. The average Bonchev–Trinajstić information content (AvgIpc) is 2.83. The largest absolute Gasteiger partial charge is 0.333 e. The summed E-state index contributed by atoms with van der Waals surface area (Å²) in [5.41, 5.74) is 1.76. The molecule has 3 rings (SSSR count). The molecule has 2 heterocycles. The van der Waals surface area contributed by atoms with Crippen LogP contribution in [0.5, 0.6) is 0 Å². The molecular weight excluding hydrogens is 254 g/mol. The summed E-state index contributed by atoms with van der Waals surface area (Å²) in [6.07, 6.45) is 13.0. The first-order valence-corrected chi connectivity index (χ1v) is 8.67. The maximum Gasteiger partial charge on any atom is 0.0948 e. The van der Waals surface area contributed by atoms with Crippen molar-refractivity contribution in [1.29, 1.82) is 0 Å². The molecule has 0 unspecified atom stereocenters. The zero-order valence-electron chi connectivity index (χ0n) is 12.1. The van der Waals surface area contributed by atoms with Crippen LogP contribution in [0.4, 0.5) is 0 Å². The number of nitrogens with zero attached hydrogens (tertiary/aromatic N) is 2. The normalized spacial score (nSPS) is 24.9. The highest BCUT2D eigenvalue weighted by Gasteiger charge is 2.38. The van der Waals surface area contributed by atoms with Crippen LogP contribution in [0.25, 0.3) is 0 Å². The fraction of sp³-hybridized carbons (Fsp3) is 0.800. The van der Waals surface area contributed by atoms with Crippen LogP contribution in [0, 0.1) is 0 Å². The van der Waals surface area contributed by atoms with Crippen molar-refractivity contribution < 1.29 is 0 Å². The lowest BCUT2D eigenvalue weighted by molar-refractivity contribution is 0.285. The lowest BCUT2D eigenvalue weighted by Gasteiger charge is -2.42. The number of nitrogens with one attached hydrogen (secondary N) is 1. The maximum absolute atomic E-state index is 4.45. The first kappa shape index (κ1) is 13.5. The molecule has 0 amide bonds. The topological polar surface area (TPSA) is 29.9 Å². The van der Waals surface area contributed by atoms with E-state index in [0.29, 0.717) is 10.2 Å². The standard InChI is InChI=1S/C15H25N3S/c1-14(6-8-16-9-7-14)13-10-17-12-18(13)11-15(19-2)4-3-5-15/h10,12,16H,3-9,11H2,1-2H3. The van der Waals surface area contributed by atoms with Crippen LogP contribution < -0.4 is 5.32 Å². The van der Waals surface area contributed by atoms with Crippen LogP contribution in [0.15, 0.2) is 12.5 Å². The Kier molecular flexibility index (Phi) is 3.65. The number of piperidine rings is 1. The SMILES string of the molecule is CSC1(Cn2cncc2C2(C)CCNCC2)CCC1. The Morgan fingerprint density at radius 2 is 2.05 bits per heavy atom. The van der Waals surface area contributed by atoms with Crippen LogP contribution in [0.2, 0.25) is 0 Å². The van der Waals surface area contributed by atoms with E-state index in [1.54, 1.807) is 0 Å². The van der Waals surface area contributed by atoms with E-state index < -0.39 is 0 Å². The van der Waals surface area contributed by atoms with E-state index in [4.69, 9.17) is 0 Å². The number of thioether (sulfide) groups is 1. The molecule has 1 saturated heterocycles. The zero-order chi connectivity index (χ0) is 13.3. The lowest BCUT2D eigenvalue weighted by atomic mass is 9.77. The third kappa shape index (κ3) is 2.45. The van der Waals surface area contributed by atoms with Crippen LogP contribution in [0.3, 0.4) is 0 Å². The van der Waals surface area contributed by atoms with Gasteiger partial charge in [-0.15, -0.1) is 0 Å². The second-order valence-electron chi connectivity index (χ2n) is 6.46. The van der Waals surface area contributed by atoms with Gasteiger partial charge in [-0.1, -0.05) is 13.3 Å². The maximum atomic E-state index is 4.45. The van der Waals surface area contributed by atoms with Gasteiger partial charge in [-0.05, 0) is 45.0 Å². The molecule has 1 aliphatic carbocycles. The summed E-state index contributed by atoms with van der Waals surface area (Å²) >= 11 is 2.05. The fourth-order valence-electron chi connectivity index (χ4n) is 3.49. The number of hydrogen-bond acceptors (Lipinski definition) is 3. The van der Waals surface area contributed by atoms with Crippen molar-refractivity contribution >= 4 is 11.8 Å². The van der Waals surface area contributed by atoms with E-state index in [9.17, 15) is 0 Å². The van der Waals surface area contributed by atoms with Crippen molar-refractivity contribution in [3.05, 3.63) is 18.2 Å². The molecule has 1 aromatic rings. The van der Waals surface area contributed by atoms with Crippen molar-refractivity contribution in [2.24, 2.45) is 0 Å². The van der Waals surface area contributed by atoms with Gasteiger partial charge in [-0.25, -0.2) is 4.98 Å². The number of aromatic nitrogens is 2. The first-order valence-electron chi connectivity index (χ1n) is 7.44. The van der Waals surface area contributed by atoms with Gasteiger partial charge in [0.15, 0.2) is 0 Å². The predicted molar refractivity (Wildman–Crippen MR) is 81.8 cm³/mol. The Labute approximate surface area is 120 Å². The number of imidazole rings is 1. The van der Waals surface area contributed by atoms with Gasteiger partial charge < -0.3 is 9.88 Å². The van der Waals surface area contributed by atoms with Gasteiger partial charge in [0.05, 0.1) is 6.33 Å². The molecule has 3 nitrogen and oxygen atoms in total. The molecule has 1 N–H and O–H groups in total. The summed E-state index contributed by atoms with van der Waals surface area (Å²) in [4.78, 5) is 4.45. The second kappa shape index (κ2) is 5.13. The average molecular weight is 279 g/mol. The molecule has 2 fully saturated rings. The van der Waals surface area contributed by atoms with Crippen LogP contribution in [0.1, 0.15) is 44.7 Å². The van der Waals surface area contributed by atoms with Crippen LogP contribution in [-0.2, 0) is 12.0 Å². The molecule has 0 spiro atoms. The molecule has 4 heteroatoms. The molecule has 0 aromatic carbocycles. The van der Waals surface area contributed by atoms with Crippen LogP contribution in [-0.4, -0.2) is 33.6 Å². The van der Waals surface area contributed by atoms with Gasteiger partial charge in [-0.3, -0.25) is 0 Å². The van der Waals surface area contributed by atoms with Crippen LogP contribution >= 0.6 is 11.8 Å². The minimum atomic E-state index is 0.311. The minimum absolute atomic E-state index is 0.311. The summed E-state index contributed by atoms with van der Waals surface area (Å²) in [6.45, 7) is 5.82. The van der Waals surface area contributed by atoms with E-state index in [0.717, 1.165) is 19.6 Å². The molecule has 106 valence electrons. The van der Waals surface area contributed by atoms with Gasteiger partial charge in [0.1, 0.15) is 0 Å². The van der Waals surface area contributed by atoms with Crippen molar-refractivity contribution in [2.45, 2.75) is 55.7 Å². The summed E-state index contributed by atoms with van der Waals surface area (Å²) in [7, 11) is 0. The van der Waals surface area contributed by atoms with E-state index in [1.165, 1.54) is 37.8 Å². The van der Waals surface area contributed by atoms with Gasteiger partial charge in [0.25, 0.3) is 0 Å². The molecule has 0 atom stereocenters. The Morgan fingerprint density at radius 1 is 1.32 bits per heavy atom. The molecule has 2 aliphatic rings. The predicted octanol–water partition coefficient (Wildman–Crippen LogP) is 2.81. The Morgan fingerprint density at radius 3 is 2.63 bits per heavy atom. The van der Waals surface area contributed by atoms with E-state index in [2.05, 4.69) is 52.3 Å². The van der Waals surface area contributed by atoms with Crippen molar-refractivity contribution in [3.8, 4) is 0 Å². The highest BCUT2D eigenvalue weighted by molar-refractivity contribution is 8.00. The summed E-state index contributed by atoms with van der Waals surface area (Å²) in [6, 6.07) is 0. The monoisotopic (exact) mass is 279 g/mol. The van der Waals surface area contributed by atoms with Crippen molar-refractivity contribution in [1.82, 2.24) is 14.9 Å². The van der Waals surface area contributed by atoms with Crippen molar-refractivity contribution in [3.63, 3.8) is 0 Å². The molecule has 1 aliphatic heterocycles. The summed E-state index contributed by atoms with van der Waals surface area (Å²) in [5.74, 6) is 0. The zero-order valence-corrected chi connectivity index (χ0v) is 12.9. The first-order chi connectivity index (χ1) is 9.18. The van der Waals surface area contributed by atoms with E-state index in [1.807, 2.05) is 0 Å². The quantitative estimate of drug-likeness (QED) is 0.919. The summed E-state index contributed by atoms with van der Waals surface area (Å²) in [5, 5.41) is 3.47. The molecule has 19 heavy (non-hydrogen) atoms. The van der Waals surface area contributed by atoms with Gasteiger partial charge >= 0.3 is 0 Å². The van der Waals surface area contributed by atoms with E-state index >= 15 is 0 Å². The molecule has 0 radical (unpaired) electrons. The Hall–Kier alpha value is -0.480. The number of hydrogen-bond donors (Lipinski definition) is 1. The molecular formula is C15H25N3S. The van der Waals surface area contributed by atoms with Gasteiger partial charge in [0, 0.05) is 28.6 Å².